The summed E-state index contributed by atoms with van der Waals surface area (Å²) in [5.41, 5.74) is 1.25. The molecule has 0 unspecified atom stereocenters. The van der Waals surface area contributed by atoms with Gasteiger partial charge in [0.2, 0.25) is 5.88 Å². The highest BCUT2D eigenvalue weighted by molar-refractivity contribution is 6.00. The lowest BCUT2D eigenvalue weighted by Gasteiger charge is -2.22. The topological polar surface area (TPSA) is 72.5 Å². The molecule has 32 heavy (non-hydrogen) atoms. The average Bonchev–Trinajstić information content (AvgIpc) is 2.71. The lowest BCUT2D eigenvalue weighted by Crippen LogP contribution is -2.21. The minimum atomic E-state index is -0.622. The van der Waals surface area contributed by atoms with Gasteiger partial charge in [0.1, 0.15) is 23.0 Å². The van der Waals surface area contributed by atoms with E-state index in [2.05, 4.69) is 36.4 Å². The molecule has 0 aliphatic heterocycles. The first-order chi connectivity index (χ1) is 15.1. The third kappa shape index (κ3) is 5.97. The van der Waals surface area contributed by atoms with Gasteiger partial charge in [0.15, 0.2) is 0 Å². The first-order valence-corrected chi connectivity index (χ1v) is 10.4. The lowest BCUT2D eigenvalue weighted by atomic mass is 9.86. The number of carbonyl (C=O) groups excluding carboxylic acids is 1. The van der Waals surface area contributed by atoms with Crippen molar-refractivity contribution in [2.24, 2.45) is 0 Å². The molecule has 0 aliphatic rings. The van der Waals surface area contributed by atoms with Gasteiger partial charge < -0.3 is 20.1 Å². The number of anilines is 2. The fourth-order valence-corrected chi connectivity index (χ4v) is 3.07. The second-order valence-corrected chi connectivity index (χ2v) is 8.59. The number of benzene rings is 2. The van der Waals surface area contributed by atoms with Crippen LogP contribution < -0.4 is 20.1 Å². The Morgan fingerprint density at radius 3 is 2.41 bits per heavy atom. The average molecular weight is 438 g/mol. The van der Waals surface area contributed by atoms with E-state index in [9.17, 15) is 9.18 Å². The van der Waals surface area contributed by atoms with Crippen LogP contribution >= 0.6 is 0 Å². The molecule has 0 atom stereocenters. The van der Waals surface area contributed by atoms with Gasteiger partial charge in [-0.25, -0.2) is 14.2 Å². The largest absolute Gasteiger partial charge is 0.491 e. The Morgan fingerprint density at radius 2 is 1.72 bits per heavy atom. The summed E-state index contributed by atoms with van der Waals surface area (Å²) >= 11 is 0. The second-order valence-electron chi connectivity index (χ2n) is 8.59. The van der Waals surface area contributed by atoms with E-state index in [1.165, 1.54) is 12.1 Å². The van der Waals surface area contributed by atoms with Crippen molar-refractivity contribution in [1.82, 2.24) is 4.98 Å². The van der Waals surface area contributed by atoms with E-state index in [1.807, 2.05) is 38.1 Å². The van der Waals surface area contributed by atoms with Gasteiger partial charge in [-0.05, 0) is 49.6 Å². The van der Waals surface area contributed by atoms with E-state index in [0.29, 0.717) is 17.2 Å². The van der Waals surface area contributed by atoms with Crippen molar-refractivity contribution in [1.29, 1.82) is 0 Å². The Kier molecular flexibility index (Phi) is 6.98. The van der Waals surface area contributed by atoms with Crippen molar-refractivity contribution >= 4 is 17.4 Å². The Bertz CT molecular complexity index is 1090. The zero-order valence-corrected chi connectivity index (χ0v) is 18.9. The number of aromatic nitrogens is 1. The summed E-state index contributed by atoms with van der Waals surface area (Å²) in [7, 11) is 0. The van der Waals surface area contributed by atoms with Gasteiger partial charge >= 0.3 is 6.03 Å². The quantitative estimate of drug-likeness (QED) is 0.448. The van der Waals surface area contributed by atoms with E-state index in [1.54, 1.807) is 24.4 Å². The summed E-state index contributed by atoms with van der Waals surface area (Å²) in [6, 6.07) is 14.7. The number of urea groups is 1. The first-order valence-electron chi connectivity index (χ1n) is 10.4. The smallest absolute Gasteiger partial charge is 0.323 e. The molecular formula is C25H28FN3O3. The summed E-state index contributed by atoms with van der Waals surface area (Å²) in [6.45, 7) is 9.97. The Morgan fingerprint density at radius 1 is 1.00 bits per heavy atom. The summed E-state index contributed by atoms with van der Waals surface area (Å²) in [5.74, 6) is 0.679. The maximum absolute atomic E-state index is 14.4. The molecule has 2 aromatic carbocycles. The van der Waals surface area contributed by atoms with Crippen LogP contribution in [0.4, 0.5) is 20.6 Å². The molecule has 2 amide bonds. The van der Waals surface area contributed by atoms with Gasteiger partial charge in [-0.2, -0.15) is 0 Å². The number of pyridine rings is 1. The van der Waals surface area contributed by atoms with Gasteiger partial charge in [-0.1, -0.05) is 39.0 Å². The van der Waals surface area contributed by atoms with Crippen LogP contribution in [0.3, 0.4) is 0 Å². The molecule has 1 aromatic heterocycles. The van der Waals surface area contributed by atoms with Gasteiger partial charge in [0, 0.05) is 17.8 Å². The molecule has 0 saturated heterocycles. The number of halogens is 1. The number of ether oxygens (including phenoxy) is 2. The molecule has 0 aliphatic carbocycles. The summed E-state index contributed by atoms with van der Waals surface area (Å²) in [5, 5.41) is 5.18. The van der Waals surface area contributed by atoms with E-state index >= 15 is 0 Å². The molecule has 0 fully saturated rings. The number of nitrogens with zero attached hydrogens (tertiary/aromatic N) is 1. The molecule has 3 rings (SSSR count). The number of hydrogen-bond donors (Lipinski definition) is 2. The van der Waals surface area contributed by atoms with Crippen molar-refractivity contribution < 1.29 is 18.7 Å². The minimum Gasteiger partial charge on any atom is -0.491 e. The highest BCUT2D eigenvalue weighted by Gasteiger charge is 2.20. The van der Waals surface area contributed by atoms with Crippen molar-refractivity contribution in [3.05, 3.63) is 72.2 Å². The first kappa shape index (κ1) is 23.1. The monoisotopic (exact) mass is 437 g/mol. The number of para-hydroxylation sites is 1. The maximum Gasteiger partial charge on any atom is 0.323 e. The number of nitrogens with one attached hydrogen (secondary N) is 2. The van der Waals surface area contributed by atoms with Crippen molar-refractivity contribution in [3.63, 3.8) is 0 Å². The molecule has 0 radical (unpaired) electrons. The Balaban J connectivity index is 1.75. The maximum atomic E-state index is 14.4. The number of hydrogen-bond acceptors (Lipinski definition) is 4. The molecule has 6 nitrogen and oxygen atoms in total. The lowest BCUT2D eigenvalue weighted by molar-refractivity contribution is 0.241. The molecular weight excluding hydrogens is 409 g/mol. The zero-order valence-electron chi connectivity index (χ0n) is 18.9. The van der Waals surface area contributed by atoms with Crippen LogP contribution in [-0.2, 0) is 5.41 Å². The molecule has 168 valence electrons. The highest BCUT2D eigenvalue weighted by atomic mass is 19.1. The third-order valence-corrected chi connectivity index (χ3v) is 4.48. The van der Waals surface area contributed by atoms with E-state index < -0.39 is 11.8 Å². The number of rotatable bonds is 6. The van der Waals surface area contributed by atoms with Crippen LogP contribution in [0.25, 0.3) is 0 Å². The van der Waals surface area contributed by atoms with E-state index in [-0.39, 0.29) is 23.1 Å². The van der Waals surface area contributed by atoms with E-state index in [0.717, 1.165) is 5.56 Å². The molecule has 0 saturated carbocycles. The molecule has 0 spiro atoms. The molecule has 3 aromatic rings. The predicted molar refractivity (Wildman–Crippen MR) is 124 cm³/mol. The Labute approximate surface area is 187 Å². The number of carbonyl (C=O) groups is 1. The van der Waals surface area contributed by atoms with Crippen molar-refractivity contribution in [3.8, 4) is 17.4 Å². The highest BCUT2D eigenvalue weighted by Crippen LogP contribution is 2.35. The normalized spacial score (nSPS) is 11.2. The third-order valence-electron chi connectivity index (χ3n) is 4.48. The van der Waals surface area contributed by atoms with Crippen molar-refractivity contribution in [2.75, 3.05) is 10.6 Å². The van der Waals surface area contributed by atoms with Gasteiger partial charge in [-0.15, -0.1) is 0 Å². The van der Waals surface area contributed by atoms with Crippen LogP contribution in [0.15, 0.2) is 60.8 Å². The molecule has 1 heterocycles. The molecule has 2 N–H and O–H groups in total. The van der Waals surface area contributed by atoms with Crippen LogP contribution in [0, 0.1) is 5.82 Å². The SMILES string of the molecule is CC(C)Oc1ccc(NC(=O)Nc2cccnc2Oc2ccccc2C(C)(C)C)c(F)c1. The fourth-order valence-electron chi connectivity index (χ4n) is 3.07. The van der Waals surface area contributed by atoms with Gasteiger partial charge in [0.05, 0.1) is 11.8 Å². The number of amides is 2. The van der Waals surface area contributed by atoms with Crippen LogP contribution in [0.2, 0.25) is 0 Å². The molecule has 7 heteroatoms. The van der Waals surface area contributed by atoms with Gasteiger partial charge in [-0.3, -0.25) is 0 Å². The summed E-state index contributed by atoms with van der Waals surface area (Å²) in [6.07, 6.45) is 1.49. The minimum absolute atomic E-state index is 0.0306. The zero-order chi connectivity index (χ0) is 23.3. The standard InChI is InChI=1S/C25H28FN3O3/c1-16(2)31-17-12-13-20(19(26)15-17)28-24(30)29-21-10-8-14-27-23(21)32-22-11-7-6-9-18(22)25(3,4)5/h6-16H,1-5H3,(H2,28,29,30). The van der Waals surface area contributed by atoms with Crippen molar-refractivity contribution in [2.45, 2.75) is 46.1 Å². The van der Waals surface area contributed by atoms with Crippen LogP contribution in [0.1, 0.15) is 40.2 Å². The van der Waals surface area contributed by atoms with Crippen LogP contribution in [-0.4, -0.2) is 17.1 Å². The van der Waals surface area contributed by atoms with Gasteiger partial charge in [0.25, 0.3) is 0 Å². The molecule has 0 bridgehead atoms. The summed E-state index contributed by atoms with van der Waals surface area (Å²) in [4.78, 5) is 16.8. The Hall–Kier alpha value is -3.61. The van der Waals surface area contributed by atoms with Crippen LogP contribution in [0.5, 0.6) is 17.4 Å². The second kappa shape index (κ2) is 9.68. The van der Waals surface area contributed by atoms with E-state index in [4.69, 9.17) is 9.47 Å². The predicted octanol–water partition coefficient (Wildman–Crippen LogP) is 6.74. The fraction of sp³-hybridized carbons (Fsp3) is 0.280. The summed E-state index contributed by atoms with van der Waals surface area (Å²) < 4.78 is 25.9.